The van der Waals surface area contributed by atoms with Crippen LogP contribution in [0.15, 0.2) is 18.2 Å². The molecule has 0 radical (unpaired) electrons. The average Bonchev–Trinajstić information content (AvgIpc) is 2.28. The van der Waals surface area contributed by atoms with E-state index in [4.69, 9.17) is 10.5 Å². The Labute approximate surface area is 70.2 Å². The highest BCUT2D eigenvalue weighted by Gasteiger charge is 2.25. The van der Waals surface area contributed by atoms with E-state index in [0.717, 1.165) is 5.69 Å². The molecule has 0 spiro atoms. The molecule has 0 bridgehead atoms. The maximum Gasteiger partial charge on any atom is 0.281 e. The molecule has 0 fully saturated rings. The van der Waals surface area contributed by atoms with Crippen LogP contribution in [0.25, 0.3) is 0 Å². The average molecular weight is 166 g/mol. The van der Waals surface area contributed by atoms with E-state index in [1.807, 2.05) is 6.07 Å². The molecule has 0 saturated heterocycles. The van der Waals surface area contributed by atoms with Gasteiger partial charge in [0, 0.05) is 18.8 Å². The molecule has 1 aromatic rings. The zero-order valence-electron chi connectivity index (χ0n) is 6.69. The van der Waals surface area contributed by atoms with E-state index in [-0.39, 0.29) is 0 Å². The number of anilines is 2. The lowest BCUT2D eigenvalue weighted by molar-refractivity contribution is 0.00102. The molecular weight excluding hydrogens is 156 g/mol. The van der Waals surface area contributed by atoms with Crippen molar-refractivity contribution < 1.29 is 9.84 Å². The molecule has 0 amide bonds. The van der Waals surface area contributed by atoms with Crippen LogP contribution in [0.4, 0.5) is 11.4 Å². The van der Waals surface area contributed by atoms with Crippen LogP contribution >= 0.6 is 0 Å². The van der Waals surface area contributed by atoms with E-state index in [1.54, 1.807) is 24.1 Å². The predicted octanol–water partition coefficient (Wildman–Crippen LogP) is 0.373. The Kier molecular flexibility index (Phi) is 1.38. The van der Waals surface area contributed by atoms with Crippen molar-refractivity contribution in [2.45, 2.75) is 6.41 Å². The van der Waals surface area contributed by atoms with Crippen LogP contribution in [0, 0.1) is 0 Å². The summed E-state index contributed by atoms with van der Waals surface area (Å²) in [5.74, 6) is 0.630. The Bertz CT molecular complexity index is 314. The minimum absolute atomic E-state index is 0.630. The van der Waals surface area contributed by atoms with Crippen molar-refractivity contribution in [3.63, 3.8) is 0 Å². The monoisotopic (exact) mass is 166 g/mol. The summed E-state index contributed by atoms with van der Waals surface area (Å²) in [6.07, 6.45) is -0.887. The van der Waals surface area contributed by atoms with Gasteiger partial charge in [-0.25, -0.2) is 0 Å². The van der Waals surface area contributed by atoms with Gasteiger partial charge >= 0.3 is 0 Å². The molecule has 4 heteroatoms. The van der Waals surface area contributed by atoms with Crippen LogP contribution in [0.1, 0.15) is 0 Å². The highest BCUT2D eigenvalue weighted by atomic mass is 16.6. The fourth-order valence-electron chi connectivity index (χ4n) is 1.23. The van der Waals surface area contributed by atoms with Crippen LogP contribution in [0.3, 0.4) is 0 Å². The number of nitrogens with two attached hydrogens (primary N) is 1. The maximum absolute atomic E-state index is 9.27. The van der Waals surface area contributed by atoms with E-state index in [1.165, 1.54) is 0 Å². The summed E-state index contributed by atoms with van der Waals surface area (Å²) in [5, 5.41) is 9.27. The number of nitrogens with zero attached hydrogens (tertiary/aromatic N) is 1. The molecule has 2 rings (SSSR count). The molecule has 1 aliphatic rings. The summed E-state index contributed by atoms with van der Waals surface area (Å²) in [6, 6.07) is 5.29. The zero-order valence-corrected chi connectivity index (χ0v) is 6.69. The minimum atomic E-state index is -0.887. The van der Waals surface area contributed by atoms with E-state index in [2.05, 4.69) is 0 Å². The van der Waals surface area contributed by atoms with Crippen LogP contribution in [-0.4, -0.2) is 18.6 Å². The van der Waals surface area contributed by atoms with Crippen LogP contribution < -0.4 is 15.4 Å². The Hall–Kier alpha value is -1.42. The predicted molar refractivity (Wildman–Crippen MR) is 45.9 cm³/mol. The molecule has 1 aromatic carbocycles. The number of rotatable bonds is 0. The summed E-state index contributed by atoms with van der Waals surface area (Å²) in [6.45, 7) is 0. The van der Waals surface area contributed by atoms with Gasteiger partial charge < -0.3 is 20.5 Å². The number of aliphatic hydroxyl groups is 1. The lowest BCUT2D eigenvalue weighted by Crippen LogP contribution is -2.29. The molecule has 0 unspecified atom stereocenters. The van der Waals surface area contributed by atoms with Gasteiger partial charge in [0.05, 0.1) is 5.69 Å². The topological polar surface area (TPSA) is 58.7 Å². The van der Waals surface area contributed by atoms with Crippen LogP contribution in [0.5, 0.6) is 5.75 Å². The molecule has 1 atom stereocenters. The van der Waals surface area contributed by atoms with E-state index in [0.29, 0.717) is 11.4 Å². The molecular formula is C8H10N2O2. The number of nitrogen functional groups attached to an aromatic ring is 1. The quantitative estimate of drug-likeness (QED) is 0.547. The van der Waals surface area contributed by atoms with E-state index >= 15 is 0 Å². The molecule has 0 aliphatic carbocycles. The largest absolute Gasteiger partial charge is 0.444 e. The second kappa shape index (κ2) is 2.28. The molecule has 0 aromatic heterocycles. The third kappa shape index (κ3) is 0.887. The van der Waals surface area contributed by atoms with Crippen molar-refractivity contribution in [3.8, 4) is 5.75 Å². The van der Waals surface area contributed by atoms with Gasteiger partial charge in [-0.3, -0.25) is 0 Å². The number of fused-ring (bicyclic) bond motifs is 1. The van der Waals surface area contributed by atoms with Crippen LogP contribution in [-0.2, 0) is 0 Å². The first-order valence-corrected chi connectivity index (χ1v) is 3.65. The Morgan fingerprint density at radius 1 is 1.58 bits per heavy atom. The van der Waals surface area contributed by atoms with Crippen molar-refractivity contribution in [1.82, 2.24) is 0 Å². The van der Waals surface area contributed by atoms with Gasteiger partial charge in [-0.1, -0.05) is 0 Å². The Balaban J connectivity index is 2.47. The van der Waals surface area contributed by atoms with E-state index < -0.39 is 6.41 Å². The SMILES string of the molecule is CN1c2ccc(N)cc2O[C@H]1O. The standard InChI is InChI=1S/C8H10N2O2/c1-10-6-3-2-5(9)4-7(6)12-8(10)11/h2-4,8,11H,9H2,1H3/t8-/m1/s1. The van der Waals surface area contributed by atoms with Gasteiger partial charge in [0.1, 0.15) is 5.75 Å². The third-order valence-corrected chi connectivity index (χ3v) is 1.93. The summed E-state index contributed by atoms with van der Waals surface area (Å²) in [7, 11) is 1.76. The summed E-state index contributed by atoms with van der Waals surface area (Å²) < 4.78 is 5.10. The summed E-state index contributed by atoms with van der Waals surface area (Å²) in [5.41, 5.74) is 7.04. The van der Waals surface area contributed by atoms with Gasteiger partial charge in [0.25, 0.3) is 6.41 Å². The molecule has 3 N–H and O–H groups in total. The first-order chi connectivity index (χ1) is 5.68. The molecule has 4 nitrogen and oxygen atoms in total. The highest BCUT2D eigenvalue weighted by Crippen LogP contribution is 2.36. The number of ether oxygens (including phenoxy) is 1. The molecule has 0 saturated carbocycles. The number of hydrogen-bond donors (Lipinski definition) is 2. The number of benzene rings is 1. The first-order valence-electron chi connectivity index (χ1n) is 3.65. The highest BCUT2D eigenvalue weighted by molar-refractivity contribution is 5.66. The van der Waals surface area contributed by atoms with Crippen LogP contribution in [0.2, 0.25) is 0 Å². The Morgan fingerprint density at radius 3 is 3.08 bits per heavy atom. The smallest absolute Gasteiger partial charge is 0.281 e. The molecule has 64 valence electrons. The first kappa shape index (κ1) is 7.24. The van der Waals surface area contributed by atoms with Gasteiger partial charge in [-0.15, -0.1) is 0 Å². The van der Waals surface area contributed by atoms with Crippen molar-refractivity contribution in [1.29, 1.82) is 0 Å². The molecule has 1 heterocycles. The fraction of sp³-hybridized carbons (Fsp3) is 0.250. The van der Waals surface area contributed by atoms with Gasteiger partial charge in [0.15, 0.2) is 0 Å². The number of hydrogen-bond acceptors (Lipinski definition) is 4. The van der Waals surface area contributed by atoms with Gasteiger partial charge in [-0.05, 0) is 12.1 Å². The fourth-order valence-corrected chi connectivity index (χ4v) is 1.23. The van der Waals surface area contributed by atoms with Crippen molar-refractivity contribution in [2.24, 2.45) is 0 Å². The van der Waals surface area contributed by atoms with Crippen molar-refractivity contribution in [3.05, 3.63) is 18.2 Å². The lowest BCUT2D eigenvalue weighted by Gasteiger charge is -2.13. The van der Waals surface area contributed by atoms with Crippen molar-refractivity contribution in [2.75, 3.05) is 17.7 Å². The van der Waals surface area contributed by atoms with Gasteiger partial charge in [0.2, 0.25) is 0 Å². The zero-order chi connectivity index (χ0) is 8.72. The normalized spacial score (nSPS) is 20.5. The minimum Gasteiger partial charge on any atom is -0.444 e. The molecule has 1 aliphatic heterocycles. The number of aliphatic hydroxyl groups excluding tert-OH is 1. The third-order valence-electron chi connectivity index (χ3n) is 1.93. The van der Waals surface area contributed by atoms with Gasteiger partial charge in [-0.2, -0.15) is 0 Å². The Morgan fingerprint density at radius 2 is 2.33 bits per heavy atom. The summed E-state index contributed by atoms with van der Waals surface area (Å²) in [4.78, 5) is 1.63. The lowest BCUT2D eigenvalue weighted by atomic mass is 10.2. The maximum atomic E-state index is 9.27. The second-order valence-electron chi connectivity index (χ2n) is 2.78. The van der Waals surface area contributed by atoms with Crippen molar-refractivity contribution >= 4 is 11.4 Å². The molecule has 12 heavy (non-hydrogen) atoms. The van der Waals surface area contributed by atoms with E-state index in [9.17, 15) is 5.11 Å². The second-order valence-corrected chi connectivity index (χ2v) is 2.78. The summed E-state index contributed by atoms with van der Waals surface area (Å²) >= 11 is 0.